The average Bonchev–Trinajstić information content (AvgIpc) is 3.05. The van der Waals surface area contributed by atoms with Crippen molar-refractivity contribution >= 4 is 11.7 Å². The number of amides is 1. The molecule has 1 aliphatic carbocycles. The van der Waals surface area contributed by atoms with E-state index in [-0.39, 0.29) is 5.91 Å². The Morgan fingerprint density at radius 1 is 1.22 bits per heavy atom. The summed E-state index contributed by atoms with van der Waals surface area (Å²) in [6.45, 7) is 0.552. The Labute approximate surface area is 136 Å². The first-order chi connectivity index (χ1) is 11.3. The Kier molecular flexibility index (Phi) is 5.08. The van der Waals surface area contributed by atoms with Gasteiger partial charge in [-0.2, -0.15) is 5.10 Å². The summed E-state index contributed by atoms with van der Waals surface area (Å²) >= 11 is 0. The van der Waals surface area contributed by atoms with Crippen LogP contribution in [0.15, 0.2) is 36.5 Å². The zero-order chi connectivity index (χ0) is 16.1. The van der Waals surface area contributed by atoms with Crippen molar-refractivity contribution in [3.05, 3.63) is 47.7 Å². The van der Waals surface area contributed by atoms with Crippen molar-refractivity contribution in [1.29, 1.82) is 0 Å². The van der Waals surface area contributed by atoms with Crippen molar-refractivity contribution < 1.29 is 9.53 Å². The highest BCUT2D eigenvalue weighted by atomic mass is 16.5. The Balaban J connectivity index is 1.69. The van der Waals surface area contributed by atoms with Crippen molar-refractivity contribution in [2.24, 2.45) is 0 Å². The summed E-state index contributed by atoms with van der Waals surface area (Å²) in [6.07, 6.45) is 7.80. The van der Waals surface area contributed by atoms with E-state index in [0.29, 0.717) is 18.2 Å². The molecule has 1 aliphatic rings. The molecule has 23 heavy (non-hydrogen) atoms. The molecular weight excluding hydrogens is 290 g/mol. The first-order valence-electron chi connectivity index (χ1n) is 8.20. The van der Waals surface area contributed by atoms with E-state index in [0.717, 1.165) is 24.2 Å². The number of aromatic nitrogens is 2. The quantitative estimate of drug-likeness (QED) is 0.913. The monoisotopic (exact) mass is 313 g/mol. The lowest BCUT2D eigenvalue weighted by Crippen LogP contribution is -2.20. The second kappa shape index (κ2) is 7.42. The molecule has 3 rings (SSSR count). The van der Waals surface area contributed by atoms with E-state index >= 15 is 0 Å². The molecule has 0 saturated heterocycles. The number of ether oxygens (including phenoxy) is 1. The second-order valence-electron chi connectivity index (χ2n) is 6.04. The average molecular weight is 313 g/mol. The highest BCUT2D eigenvalue weighted by molar-refractivity contribution is 6.03. The molecule has 1 amide bonds. The second-order valence-corrected chi connectivity index (χ2v) is 6.04. The van der Waals surface area contributed by atoms with Crippen LogP contribution in [0.3, 0.4) is 0 Å². The molecule has 1 fully saturated rings. The van der Waals surface area contributed by atoms with Gasteiger partial charge in [0.05, 0.1) is 18.8 Å². The summed E-state index contributed by atoms with van der Waals surface area (Å²) in [6, 6.07) is 9.74. The predicted octanol–water partition coefficient (Wildman–Crippen LogP) is 3.79. The maximum absolute atomic E-state index is 12.4. The van der Waals surface area contributed by atoms with E-state index in [2.05, 4.69) is 10.4 Å². The lowest BCUT2D eigenvalue weighted by molar-refractivity contribution is 0.102. The molecule has 1 saturated carbocycles. The number of carbonyl (C=O) groups excluding carboxylic acids is 1. The highest BCUT2D eigenvalue weighted by Crippen LogP contribution is 2.30. The van der Waals surface area contributed by atoms with Gasteiger partial charge in [0.15, 0.2) is 0 Å². The van der Waals surface area contributed by atoms with Gasteiger partial charge < -0.3 is 10.1 Å². The molecule has 0 radical (unpaired) electrons. The van der Waals surface area contributed by atoms with Crippen LogP contribution in [0.4, 0.5) is 5.82 Å². The van der Waals surface area contributed by atoms with Crippen LogP contribution in [-0.2, 0) is 11.3 Å². The van der Waals surface area contributed by atoms with Gasteiger partial charge in [-0.25, -0.2) is 4.68 Å². The summed E-state index contributed by atoms with van der Waals surface area (Å²) in [4.78, 5) is 12.4. The van der Waals surface area contributed by atoms with Gasteiger partial charge in [0.2, 0.25) is 0 Å². The van der Waals surface area contributed by atoms with Crippen LogP contribution in [0.2, 0.25) is 0 Å². The maximum Gasteiger partial charge on any atom is 0.256 e. The zero-order valence-corrected chi connectivity index (χ0v) is 13.5. The van der Waals surface area contributed by atoms with Crippen molar-refractivity contribution in [3.63, 3.8) is 0 Å². The molecule has 1 heterocycles. The highest BCUT2D eigenvalue weighted by Gasteiger charge is 2.19. The van der Waals surface area contributed by atoms with Crippen molar-refractivity contribution in [3.8, 4) is 0 Å². The minimum absolute atomic E-state index is 0.105. The molecular formula is C18H23N3O2. The minimum Gasteiger partial charge on any atom is -0.380 e. The zero-order valence-electron chi connectivity index (χ0n) is 13.5. The number of nitrogens with one attached hydrogen (secondary N) is 1. The number of hydrogen-bond acceptors (Lipinski definition) is 3. The number of nitrogens with zero attached hydrogens (tertiary/aromatic N) is 2. The van der Waals surface area contributed by atoms with Crippen LogP contribution >= 0.6 is 0 Å². The van der Waals surface area contributed by atoms with Crippen LogP contribution in [-0.4, -0.2) is 22.8 Å². The van der Waals surface area contributed by atoms with E-state index in [1.54, 1.807) is 13.3 Å². The lowest BCUT2D eigenvalue weighted by Gasteiger charge is -2.23. The van der Waals surface area contributed by atoms with Crippen LogP contribution in [0.25, 0.3) is 0 Å². The Bertz CT molecular complexity index is 643. The van der Waals surface area contributed by atoms with Gasteiger partial charge in [-0.3, -0.25) is 4.79 Å². The number of hydrogen-bond donors (Lipinski definition) is 1. The molecule has 1 N–H and O–H groups in total. The number of anilines is 1. The molecule has 122 valence electrons. The van der Waals surface area contributed by atoms with Crippen molar-refractivity contribution in [2.75, 3.05) is 12.4 Å². The normalized spacial score (nSPS) is 15.5. The van der Waals surface area contributed by atoms with Gasteiger partial charge in [-0.05, 0) is 30.5 Å². The van der Waals surface area contributed by atoms with Gasteiger partial charge in [0, 0.05) is 18.7 Å². The third kappa shape index (κ3) is 3.79. The van der Waals surface area contributed by atoms with Crippen LogP contribution in [0, 0.1) is 0 Å². The maximum atomic E-state index is 12.4. The van der Waals surface area contributed by atoms with Crippen LogP contribution in [0.1, 0.15) is 54.1 Å². The van der Waals surface area contributed by atoms with Crippen LogP contribution < -0.4 is 5.32 Å². The Morgan fingerprint density at radius 2 is 1.96 bits per heavy atom. The minimum atomic E-state index is -0.105. The predicted molar refractivity (Wildman–Crippen MR) is 89.5 cm³/mol. The molecule has 1 aromatic heterocycles. The molecule has 0 atom stereocenters. The van der Waals surface area contributed by atoms with E-state index in [4.69, 9.17) is 4.74 Å². The van der Waals surface area contributed by atoms with Gasteiger partial charge >= 0.3 is 0 Å². The van der Waals surface area contributed by atoms with E-state index in [1.807, 2.05) is 35.0 Å². The first-order valence-corrected chi connectivity index (χ1v) is 8.20. The molecule has 5 nitrogen and oxygen atoms in total. The van der Waals surface area contributed by atoms with E-state index in [9.17, 15) is 4.79 Å². The van der Waals surface area contributed by atoms with Gasteiger partial charge in [-0.1, -0.05) is 31.4 Å². The van der Waals surface area contributed by atoms with Crippen LogP contribution in [0.5, 0.6) is 0 Å². The molecule has 0 bridgehead atoms. The summed E-state index contributed by atoms with van der Waals surface area (Å²) in [5.74, 6) is 0.675. The van der Waals surface area contributed by atoms with Gasteiger partial charge in [0.1, 0.15) is 5.82 Å². The third-order valence-corrected chi connectivity index (χ3v) is 4.36. The molecule has 0 aliphatic heterocycles. The molecule has 1 aromatic carbocycles. The summed E-state index contributed by atoms with van der Waals surface area (Å²) < 4.78 is 7.05. The summed E-state index contributed by atoms with van der Waals surface area (Å²) in [5.41, 5.74) is 1.69. The van der Waals surface area contributed by atoms with Crippen molar-refractivity contribution in [1.82, 2.24) is 9.78 Å². The van der Waals surface area contributed by atoms with E-state index in [1.165, 1.54) is 19.3 Å². The van der Waals surface area contributed by atoms with Gasteiger partial charge in [-0.15, -0.1) is 0 Å². The first kappa shape index (κ1) is 15.7. The summed E-state index contributed by atoms with van der Waals surface area (Å²) in [5, 5.41) is 7.40. The fourth-order valence-electron chi connectivity index (χ4n) is 3.14. The third-order valence-electron chi connectivity index (χ3n) is 4.36. The summed E-state index contributed by atoms with van der Waals surface area (Å²) in [7, 11) is 1.66. The van der Waals surface area contributed by atoms with Crippen molar-refractivity contribution in [2.45, 2.75) is 44.8 Å². The largest absolute Gasteiger partial charge is 0.380 e. The van der Waals surface area contributed by atoms with Gasteiger partial charge in [0.25, 0.3) is 5.91 Å². The standard InChI is InChI=1S/C18H23N3O2/c1-23-13-14-7-9-15(10-8-14)18(22)20-17-11-12-19-21(17)16-5-3-2-4-6-16/h7-12,16H,2-6,13H2,1H3,(H,20,22). The molecule has 5 heteroatoms. The number of benzene rings is 1. The fraction of sp³-hybridized carbons (Fsp3) is 0.444. The number of carbonyl (C=O) groups is 1. The Hall–Kier alpha value is -2.14. The fourth-order valence-corrected chi connectivity index (χ4v) is 3.14. The smallest absolute Gasteiger partial charge is 0.256 e. The molecule has 2 aromatic rings. The number of methoxy groups -OCH3 is 1. The van der Waals surface area contributed by atoms with E-state index < -0.39 is 0 Å². The Morgan fingerprint density at radius 3 is 2.65 bits per heavy atom. The SMILES string of the molecule is COCc1ccc(C(=O)Nc2ccnn2C2CCCCC2)cc1. The molecule has 0 unspecified atom stereocenters. The number of rotatable bonds is 5. The molecule has 0 spiro atoms. The lowest BCUT2D eigenvalue weighted by atomic mass is 9.96. The topological polar surface area (TPSA) is 56.1 Å².